The van der Waals surface area contributed by atoms with Crippen LogP contribution in [0.2, 0.25) is 5.02 Å². The Balaban J connectivity index is 0.00000208. The van der Waals surface area contributed by atoms with Gasteiger partial charge in [0.1, 0.15) is 0 Å². The third-order valence-corrected chi connectivity index (χ3v) is 5.87. The van der Waals surface area contributed by atoms with Crippen LogP contribution in [0, 0.1) is 5.41 Å². The van der Waals surface area contributed by atoms with Crippen LogP contribution in [0.4, 0.5) is 0 Å². The summed E-state index contributed by atoms with van der Waals surface area (Å²) in [6.07, 6.45) is 7.33. The van der Waals surface area contributed by atoms with Gasteiger partial charge in [0.2, 0.25) is 5.91 Å². The van der Waals surface area contributed by atoms with Crippen molar-refractivity contribution in [3.8, 4) is 0 Å². The minimum atomic E-state index is -0.197. The minimum Gasteiger partial charge on any atom is -0.342 e. The molecule has 1 aromatic carbocycles. The van der Waals surface area contributed by atoms with Crippen LogP contribution in [0.5, 0.6) is 0 Å². The Morgan fingerprint density at radius 2 is 1.96 bits per heavy atom. The number of amides is 1. The maximum Gasteiger partial charge on any atom is 0.229 e. The number of carbonyl (C=O) groups excluding carboxylic acids is 1. The van der Waals surface area contributed by atoms with Crippen molar-refractivity contribution in [3.05, 3.63) is 34.9 Å². The van der Waals surface area contributed by atoms with Gasteiger partial charge in [-0.1, -0.05) is 36.6 Å². The van der Waals surface area contributed by atoms with Gasteiger partial charge in [0, 0.05) is 24.2 Å². The molecule has 0 radical (unpaired) electrons. The lowest BCUT2D eigenvalue weighted by atomic mass is 9.78. The summed E-state index contributed by atoms with van der Waals surface area (Å²) in [5, 5.41) is 4.10. The first-order chi connectivity index (χ1) is 11.1. The van der Waals surface area contributed by atoms with Crippen LogP contribution < -0.4 is 5.32 Å². The smallest absolute Gasteiger partial charge is 0.229 e. The maximum atomic E-state index is 13.3. The normalized spacial score (nSPS) is 20.7. The van der Waals surface area contributed by atoms with Crippen LogP contribution in [0.15, 0.2) is 24.3 Å². The monoisotopic (exact) mass is 370 g/mol. The van der Waals surface area contributed by atoms with E-state index in [0.717, 1.165) is 50.2 Å². The SMILES string of the molecule is CNC1CCN(C(=O)C2(Cc3cccc(Cl)c3)CCCC2)CC1.Cl. The molecule has 0 aromatic heterocycles. The van der Waals surface area contributed by atoms with Crippen LogP contribution in [-0.2, 0) is 11.2 Å². The van der Waals surface area contributed by atoms with Crippen molar-refractivity contribution in [2.24, 2.45) is 5.41 Å². The molecular weight excluding hydrogens is 343 g/mol. The summed E-state index contributed by atoms with van der Waals surface area (Å²) in [4.78, 5) is 15.4. The first kappa shape index (κ1) is 19.6. The third-order valence-electron chi connectivity index (χ3n) is 5.64. The number of carbonyl (C=O) groups is 1. The zero-order chi connectivity index (χ0) is 16.3. The number of hydrogen-bond donors (Lipinski definition) is 1. The standard InChI is InChI=1S/C19H27ClN2O.ClH/c1-21-17-7-11-22(12-8-17)18(23)19(9-2-3-10-19)14-15-5-4-6-16(20)13-15;/h4-6,13,17,21H,2-3,7-12,14H2,1H3;1H. The fourth-order valence-electron chi connectivity index (χ4n) is 4.26. The first-order valence-electron chi connectivity index (χ1n) is 8.84. The first-order valence-corrected chi connectivity index (χ1v) is 9.22. The fraction of sp³-hybridized carbons (Fsp3) is 0.632. The van der Waals surface area contributed by atoms with Gasteiger partial charge >= 0.3 is 0 Å². The van der Waals surface area contributed by atoms with Gasteiger partial charge in [0.05, 0.1) is 5.41 Å². The summed E-state index contributed by atoms with van der Waals surface area (Å²) < 4.78 is 0. The number of benzene rings is 1. The number of likely N-dealkylation sites (tertiary alicyclic amines) is 1. The Kier molecular flexibility index (Phi) is 6.97. The van der Waals surface area contributed by atoms with Crippen molar-refractivity contribution < 1.29 is 4.79 Å². The summed E-state index contributed by atoms with van der Waals surface area (Å²) in [7, 11) is 2.01. The molecule has 134 valence electrons. The van der Waals surface area contributed by atoms with E-state index in [1.165, 1.54) is 18.4 Å². The van der Waals surface area contributed by atoms with E-state index in [1.807, 2.05) is 25.2 Å². The summed E-state index contributed by atoms with van der Waals surface area (Å²) in [6.45, 7) is 1.78. The molecule has 5 heteroatoms. The van der Waals surface area contributed by atoms with Crippen molar-refractivity contribution in [1.82, 2.24) is 10.2 Å². The second-order valence-electron chi connectivity index (χ2n) is 7.15. The molecule has 1 aromatic rings. The Morgan fingerprint density at radius 1 is 1.29 bits per heavy atom. The van der Waals surface area contributed by atoms with Gasteiger partial charge < -0.3 is 10.2 Å². The van der Waals surface area contributed by atoms with Gasteiger partial charge in [-0.3, -0.25) is 4.79 Å². The van der Waals surface area contributed by atoms with Crippen molar-refractivity contribution >= 4 is 29.9 Å². The van der Waals surface area contributed by atoms with Crippen molar-refractivity contribution in [2.45, 2.75) is 51.0 Å². The summed E-state index contributed by atoms with van der Waals surface area (Å²) in [6, 6.07) is 8.57. The highest BCUT2D eigenvalue weighted by Crippen LogP contribution is 2.43. The average Bonchev–Trinajstić information content (AvgIpc) is 3.04. The van der Waals surface area contributed by atoms with Gasteiger partial charge in [0.15, 0.2) is 0 Å². The molecule has 1 aliphatic heterocycles. The lowest BCUT2D eigenvalue weighted by Gasteiger charge is -2.38. The molecule has 2 fully saturated rings. The molecule has 1 aliphatic carbocycles. The molecule has 1 N–H and O–H groups in total. The molecule has 1 saturated carbocycles. The van der Waals surface area contributed by atoms with Crippen LogP contribution in [0.1, 0.15) is 44.1 Å². The molecule has 2 aliphatic rings. The maximum absolute atomic E-state index is 13.3. The van der Waals surface area contributed by atoms with E-state index in [1.54, 1.807) is 0 Å². The Hall–Kier alpha value is -0.770. The summed E-state index contributed by atoms with van der Waals surface area (Å²) >= 11 is 6.13. The van der Waals surface area contributed by atoms with E-state index >= 15 is 0 Å². The molecule has 0 spiro atoms. The quantitative estimate of drug-likeness (QED) is 0.865. The molecule has 1 amide bonds. The van der Waals surface area contributed by atoms with E-state index < -0.39 is 0 Å². The number of halogens is 2. The lowest BCUT2D eigenvalue weighted by Crippen LogP contribution is -2.49. The van der Waals surface area contributed by atoms with Crippen molar-refractivity contribution in [1.29, 1.82) is 0 Å². The van der Waals surface area contributed by atoms with Gasteiger partial charge in [-0.2, -0.15) is 0 Å². The summed E-state index contributed by atoms with van der Waals surface area (Å²) in [5.41, 5.74) is 0.995. The fourth-order valence-corrected chi connectivity index (χ4v) is 4.48. The van der Waals surface area contributed by atoms with E-state index in [0.29, 0.717) is 11.9 Å². The van der Waals surface area contributed by atoms with Gasteiger partial charge in [-0.15, -0.1) is 12.4 Å². The van der Waals surface area contributed by atoms with Crippen LogP contribution in [0.25, 0.3) is 0 Å². The third kappa shape index (κ3) is 4.25. The zero-order valence-electron chi connectivity index (χ0n) is 14.4. The number of rotatable bonds is 4. The molecule has 3 nitrogen and oxygen atoms in total. The second kappa shape index (κ2) is 8.55. The zero-order valence-corrected chi connectivity index (χ0v) is 16.0. The molecular formula is C19H28Cl2N2O. The topological polar surface area (TPSA) is 32.3 Å². The lowest BCUT2D eigenvalue weighted by molar-refractivity contribution is -0.143. The minimum absolute atomic E-state index is 0. The molecule has 3 rings (SSSR count). The number of nitrogens with one attached hydrogen (secondary N) is 1. The Labute approximate surface area is 156 Å². The van der Waals surface area contributed by atoms with Crippen molar-refractivity contribution in [3.63, 3.8) is 0 Å². The average molecular weight is 371 g/mol. The highest BCUT2D eigenvalue weighted by Gasteiger charge is 2.43. The van der Waals surface area contributed by atoms with E-state index in [4.69, 9.17) is 11.6 Å². The van der Waals surface area contributed by atoms with Crippen LogP contribution in [-0.4, -0.2) is 37.0 Å². The highest BCUT2D eigenvalue weighted by atomic mass is 35.5. The highest BCUT2D eigenvalue weighted by molar-refractivity contribution is 6.30. The van der Waals surface area contributed by atoms with E-state index in [-0.39, 0.29) is 17.8 Å². The molecule has 0 unspecified atom stereocenters. The largest absolute Gasteiger partial charge is 0.342 e. The van der Waals surface area contributed by atoms with Crippen molar-refractivity contribution in [2.75, 3.05) is 20.1 Å². The molecule has 1 saturated heterocycles. The summed E-state index contributed by atoms with van der Waals surface area (Å²) in [5.74, 6) is 0.379. The Morgan fingerprint density at radius 3 is 2.54 bits per heavy atom. The molecule has 0 bridgehead atoms. The molecule has 0 atom stereocenters. The van der Waals surface area contributed by atoms with E-state index in [2.05, 4.69) is 16.3 Å². The molecule has 24 heavy (non-hydrogen) atoms. The second-order valence-corrected chi connectivity index (χ2v) is 7.59. The van der Waals surface area contributed by atoms with Gasteiger partial charge in [0.25, 0.3) is 0 Å². The number of piperidine rings is 1. The van der Waals surface area contributed by atoms with Crippen LogP contribution >= 0.6 is 24.0 Å². The Bertz CT molecular complexity index is 550. The molecule has 1 heterocycles. The van der Waals surface area contributed by atoms with Crippen LogP contribution in [0.3, 0.4) is 0 Å². The van der Waals surface area contributed by atoms with E-state index in [9.17, 15) is 4.79 Å². The van der Waals surface area contributed by atoms with Gasteiger partial charge in [-0.25, -0.2) is 0 Å². The van der Waals surface area contributed by atoms with Gasteiger partial charge in [-0.05, 0) is 56.8 Å². The number of nitrogens with zero attached hydrogens (tertiary/aromatic N) is 1. The number of hydrogen-bond acceptors (Lipinski definition) is 2. The predicted octanol–water partition coefficient (Wildman–Crippen LogP) is 4.08. The predicted molar refractivity (Wildman–Crippen MR) is 102 cm³/mol.